The van der Waals surface area contributed by atoms with Crippen LogP contribution in [0.15, 0.2) is 53.4 Å². The standard InChI is InChI=1S/C19H21N3O4S/c1-13(23)21-16-8-10-18(11-9-16)27(25,26)20-12-14-2-6-17(7-3-14)22-19(24)15-4-5-15/h2-3,6-11,15,20H,4-5,12H2,1H3,(H,21,23)(H,22,24). The summed E-state index contributed by atoms with van der Waals surface area (Å²) in [5.41, 5.74) is 2.01. The highest BCUT2D eigenvalue weighted by molar-refractivity contribution is 7.89. The van der Waals surface area contributed by atoms with Crippen LogP contribution in [0.2, 0.25) is 0 Å². The first-order chi connectivity index (χ1) is 12.8. The number of sulfonamides is 1. The summed E-state index contributed by atoms with van der Waals surface area (Å²) in [5, 5.41) is 5.43. The summed E-state index contributed by atoms with van der Waals surface area (Å²) >= 11 is 0. The van der Waals surface area contributed by atoms with Gasteiger partial charge in [0, 0.05) is 30.8 Å². The van der Waals surface area contributed by atoms with E-state index in [-0.39, 0.29) is 29.2 Å². The Morgan fingerprint density at radius 2 is 1.48 bits per heavy atom. The molecule has 1 saturated carbocycles. The van der Waals surface area contributed by atoms with Gasteiger partial charge in [-0.3, -0.25) is 9.59 Å². The van der Waals surface area contributed by atoms with Crippen LogP contribution in [0, 0.1) is 5.92 Å². The first kappa shape index (κ1) is 19.1. The van der Waals surface area contributed by atoms with Crippen molar-refractivity contribution in [2.24, 2.45) is 5.92 Å². The summed E-state index contributed by atoms with van der Waals surface area (Å²) in [7, 11) is -3.67. The summed E-state index contributed by atoms with van der Waals surface area (Å²) in [5.74, 6) is -0.0554. The van der Waals surface area contributed by atoms with E-state index in [1.165, 1.54) is 31.2 Å². The molecule has 0 aromatic heterocycles. The largest absolute Gasteiger partial charge is 0.326 e. The van der Waals surface area contributed by atoms with E-state index < -0.39 is 10.0 Å². The Kier molecular flexibility index (Phi) is 5.57. The van der Waals surface area contributed by atoms with Gasteiger partial charge in [-0.15, -0.1) is 0 Å². The molecule has 1 aliphatic rings. The van der Waals surface area contributed by atoms with Crippen LogP contribution in [0.1, 0.15) is 25.3 Å². The SMILES string of the molecule is CC(=O)Nc1ccc(S(=O)(=O)NCc2ccc(NC(=O)C3CC3)cc2)cc1. The fourth-order valence-corrected chi connectivity index (χ4v) is 3.50. The van der Waals surface area contributed by atoms with Gasteiger partial charge in [0.25, 0.3) is 0 Å². The van der Waals surface area contributed by atoms with Crippen LogP contribution in [-0.4, -0.2) is 20.2 Å². The van der Waals surface area contributed by atoms with E-state index in [1.807, 2.05) is 0 Å². The van der Waals surface area contributed by atoms with Gasteiger partial charge in [-0.05, 0) is 54.8 Å². The summed E-state index contributed by atoms with van der Waals surface area (Å²) in [4.78, 5) is 22.9. The number of carbonyl (C=O) groups excluding carboxylic acids is 2. The van der Waals surface area contributed by atoms with Crippen molar-refractivity contribution in [1.29, 1.82) is 0 Å². The quantitative estimate of drug-likeness (QED) is 0.679. The van der Waals surface area contributed by atoms with Gasteiger partial charge in [-0.1, -0.05) is 12.1 Å². The van der Waals surface area contributed by atoms with E-state index in [0.29, 0.717) is 11.4 Å². The van der Waals surface area contributed by atoms with Crippen LogP contribution in [0.3, 0.4) is 0 Å². The molecule has 2 amide bonds. The molecule has 7 nitrogen and oxygen atoms in total. The third kappa shape index (κ3) is 5.38. The summed E-state index contributed by atoms with van der Waals surface area (Å²) in [6, 6.07) is 13.0. The second-order valence-electron chi connectivity index (χ2n) is 6.49. The Morgan fingerprint density at radius 3 is 2.04 bits per heavy atom. The number of hydrogen-bond donors (Lipinski definition) is 3. The van der Waals surface area contributed by atoms with Crippen molar-refractivity contribution >= 4 is 33.2 Å². The number of benzene rings is 2. The van der Waals surface area contributed by atoms with E-state index >= 15 is 0 Å². The number of carbonyl (C=O) groups is 2. The Labute approximate surface area is 158 Å². The average molecular weight is 387 g/mol. The Bertz CT molecular complexity index is 934. The molecule has 1 fully saturated rings. The molecule has 8 heteroatoms. The molecule has 2 aromatic rings. The van der Waals surface area contributed by atoms with Gasteiger partial charge in [-0.2, -0.15) is 0 Å². The lowest BCUT2D eigenvalue weighted by Gasteiger charge is -2.09. The van der Waals surface area contributed by atoms with Crippen molar-refractivity contribution in [1.82, 2.24) is 4.72 Å². The normalized spacial score (nSPS) is 13.8. The van der Waals surface area contributed by atoms with Gasteiger partial charge in [0.1, 0.15) is 0 Å². The lowest BCUT2D eigenvalue weighted by Crippen LogP contribution is -2.23. The van der Waals surface area contributed by atoms with Crippen LogP contribution in [-0.2, 0) is 26.2 Å². The Morgan fingerprint density at radius 1 is 0.926 bits per heavy atom. The Balaban J connectivity index is 1.57. The molecule has 0 radical (unpaired) electrons. The van der Waals surface area contributed by atoms with Crippen LogP contribution >= 0.6 is 0 Å². The topological polar surface area (TPSA) is 104 Å². The fourth-order valence-electron chi connectivity index (χ4n) is 2.48. The van der Waals surface area contributed by atoms with Gasteiger partial charge < -0.3 is 10.6 Å². The van der Waals surface area contributed by atoms with Gasteiger partial charge in [0.15, 0.2) is 0 Å². The number of hydrogen-bond acceptors (Lipinski definition) is 4. The molecule has 0 spiro atoms. The second-order valence-corrected chi connectivity index (χ2v) is 8.26. The van der Waals surface area contributed by atoms with Crippen molar-refractivity contribution in [2.75, 3.05) is 10.6 Å². The van der Waals surface area contributed by atoms with Crippen molar-refractivity contribution in [3.8, 4) is 0 Å². The summed E-state index contributed by atoms with van der Waals surface area (Å²) in [6.45, 7) is 1.52. The average Bonchev–Trinajstić information content (AvgIpc) is 3.46. The first-order valence-electron chi connectivity index (χ1n) is 8.60. The fraction of sp³-hybridized carbons (Fsp3) is 0.263. The maximum Gasteiger partial charge on any atom is 0.240 e. The molecular weight excluding hydrogens is 366 g/mol. The van der Waals surface area contributed by atoms with E-state index in [1.54, 1.807) is 24.3 Å². The third-order valence-electron chi connectivity index (χ3n) is 4.12. The number of rotatable bonds is 7. The van der Waals surface area contributed by atoms with Gasteiger partial charge in [-0.25, -0.2) is 13.1 Å². The lowest BCUT2D eigenvalue weighted by atomic mass is 10.2. The third-order valence-corrected chi connectivity index (χ3v) is 5.54. The van der Waals surface area contributed by atoms with Gasteiger partial charge in [0.2, 0.25) is 21.8 Å². The van der Waals surface area contributed by atoms with E-state index in [9.17, 15) is 18.0 Å². The van der Waals surface area contributed by atoms with Crippen LogP contribution in [0.4, 0.5) is 11.4 Å². The molecule has 0 saturated heterocycles. The minimum absolute atomic E-state index is 0.0335. The predicted octanol–water partition coefficient (Wildman–Crippen LogP) is 2.47. The van der Waals surface area contributed by atoms with Crippen molar-refractivity contribution in [2.45, 2.75) is 31.2 Å². The Hall–Kier alpha value is -2.71. The van der Waals surface area contributed by atoms with E-state index in [0.717, 1.165) is 18.4 Å². The molecule has 2 aromatic carbocycles. The maximum atomic E-state index is 12.4. The van der Waals surface area contributed by atoms with Crippen molar-refractivity contribution in [3.05, 3.63) is 54.1 Å². The monoisotopic (exact) mass is 387 g/mol. The van der Waals surface area contributed by atoms with E-state index in [2.05, 4.69) is 15.4 Å². The van der Waals surface area contributed by atoms with Crippen molar-refractivity contribution < 1.29 is 18.0 Å². The minimum Gasteiger partial charge on any atom is -0.326 e. The number of anilines is 2. The highest BCUT2D eigenvalue weighted by atomic mass is 32.2. The summed E-state index contributed by atoms with van der Waals surface area (Å²) in [6.07, 6.45) is 1.88. The molecule has 3 N–H and O–H groups in total. The molecule has 0 heterocycles. The molecule has 0 bridgehead atoms. The number of nitrogens with one attached hydrogen (secondary N) is 3. The molecule has 0 aliphatic heterocycles. The molecule has 1 aliphatic carbocycles. The molecule has 142 valence electrons. The zero-order chi connectivity index (χ0) is 19.4. The maximum absolute atomic E-state index is 12.4. The van der Waals surface area contributed by atoms with Crippen LogP contribution < -0.4 is 15.4 Å². The zero-order valence-corrected chi connectivity index (χ0v) is 15.7. The van der Waals surface area contributed by atoms with Crippen LogP contribution in [0.25, 0.3) is 0 Å². The van der Waals surface area contributed by atoms with Crippen LogP contribution in [0.5, 0.6) is 0 Å². The molecule has 0 unspecified atom stereocenters. The molecular formula is C19H21N3O4S. The number of amides is 2. The second kappa shape index (κ2) is 7.89. The molecule has 0 atom stereocenters. The zero-order valence-electron chi connectivity index (χ0n) is 14.9. The van der Waals surface area contributed by atoms with E-state index in [4.69, 9.17) is 0 Å². The minimum atomic E-state index is -3.67. The molecule has 27 heavy (non-hydrogen) atoms. The van der Waals surface area contributed by atoms with Crippen molar-refractivity contribution in [3.63, 3.8) is 0 Å². The first-order valence-corrected chi connectivity index (χ1v) is 10.1. The summed E-state index contributed by atoms with van der Waals surface area (Å²) < 4.78 is 27.3. The lowest BCUT2D eigenvalue weighted by molar-refractivity contribution is -0.117. The highest BCUT2D eigenvalue weighted by Gasteiger charge is 2.29. The smallest absolute Gasteiger partial charge is 0.240 e. The molecule has 3 rings (SSSR count). The van der Waals surface area contributed by atoms with Gasteiger partial charge in [0.05, 0.1) is 4.90 Å². The highest BCUT2D eigenvalue weighted by Crippen LogP contribution is 2.30. The predicted molar refractivity (Wildman–Crippen MR) is 103 cm³/mol. The van der Waals surface area contributed by atoms with Gasteiger partial charge >= 0.3 is 0 Å².